The van der Waals surface area contributed by atoms with Crippen molar-refractivity contribution in [3.63, 3.8) is 0 Å². The minimum Gasteiger partial charge on any atom is -0.397 e. The van der Waals surface area contributed by atoms with Crippen LogP contribution in [0.1, 0.15) is 0 Å². The molecule has 4 nitrogen and oxygen atoms in total. The zero-order valence-electron chi connectivity index (χ0n) is 10.0. The summed E-state index contributed by atoms with van der Waals surface area (Å²) >= 11 is 1.59. The molecule has 18 heavy (non-hydrogen) atoms. The van der Waals surface area contributed by atoms with Crippen molar-refractivity contribution in [3.05, 3.63) is 29.1 Å². The number of nitrogens with zero attached hydrogens (tertiary/aromatic N) is 2. The molecule has 0 saturated carbocycles. The second-order valence-electron chi connectivity index (χ2n) is 4.25. The molecule has 94 valence electrons. The summed E-state index contributed by atoms with van der Waals surface area (Å²) in [4.78, 5) is 6.57. The van der Waals surface area contributed by atoms with E-state index in [0.29, 0.717) is 0 Å². The maximum atomic E-state index is 6.15. The topological polar surface area (TPSA) is 51.4 Å². The van der Waals surface area contributed by atoms with Crippen LogP contribution in [-0.2, 0) is 4.74 Å². The van der Waals surface area contributed by atoms with E-state index in [9.17, 15) is 0 Å². The Kier molecular flexibility index (Phi) is 3.17. The zero-order valence-corrected chi connectivity index (χ0v) is 10.8. The van der Waals surface area contributed by atoms with Crippen LogP contribution in [0.2, 0.25) is 0 Å². The number of benzene rings is 1. The molecule has 0 aliphatic carbocycles. The fraction of sp³-hybridized carbons (Fsp3) is 0.308. The lowest BCUT2D eigenvalue weighted by atomic mass is 10.1. The largest absolute Gasteiger partial charge is 0.397 e. The number of hydrogen-bond donors (Lipinski definition) is 1. The average molecular weight is 261 g/mol. The first-order valence-electron chi connectivity index (χ1n) is 5.95. The predicted molar refractivity (Wildman–Crippen MR) is 75.0 cm³/mol. The highest BCUT2D eigenvalue weighted by Gasteiger charge is 2.14. The summed E-state index contributed by atoms with van der Waals surface area (Å²) in [5.74, 6) is 0. The van der Waals surface area contributed by atoms with Crippen molar-refractivity contribution < 1.29 is 4.74 Å². The highest BCUT2D eigenvalue weighted by atomic mass is 32.1. The standard InChI is InChI=1S/C13H15N3OS/c14-11-7-10(12-8-18-9-15-12)1-2-13(11)16-3-5-17-6-4-16/h1-2,7-9H,3-6,14H2. The highest BCUT2D eigenvalue weighted by Crippen LogP contribution is 2.29. The number of morpholine rings is 1. The summed E-state index contributed by atoms with van der Waals surface area (Å²) in [5.41, 5.74) is 11.9. The molecule has 1 aromatic carbocycles. The third-order valence-corrected chi connectivity index (χ3v) is 3.69. The normalized spacial score (nSPS) is 15.9. The molecule has 0 unspecified atom stereocenters. The van der Waals surface area contributed by atoms with Crippen LogP contribution < -0.4 is 10.6 Å². The first kappa shape index (κ1) is 11.5. The van der Waals surface area contributed by atoms with Crippen molar-refractivity contribution in [2.75, 3.05) is 36.9 Å². The number of nitrogen functional groups attached to an aromatic ring is 1. The third kappa shape index (κ3) is 2.19. The van der Waals surface area contributed by atoms with E-state index in [0.717, 1.165) is 48.9 Å². The van der Waals surface area contributed by atoms with Crippen molar-refractivity contribution in [2.45, 2.75) is 0 Å². The Morgan fingerprint density at radius 2 is 2.11 bits per heavy atom. The number of ether oxygens (including phenoxy) is 1. The lowest BCUT2D eigenvalue weighted by Crippen LogP contribution is -2.36. The fourth-order valence-corrected chi connectivity index (χ4v) is 2.72. The van der Waals surface area contributed by atoms with Gasteiger partial charge in [-0.3, -0.25) is 0 Å². The van der Waals surface area contributed by atoms with Crippen molar-refractivity contribution in [1.82, 2.24) is 4.98 Å². The van der Waals surface area contributed by atoms with E-state index in [2.05, 4.69) is 22.0 Å². The average Bonchev–Trinajstić information content (AvgIpc) is 2.93. The Bertz CT molecular complexity index is 521. The van der Waals surface area contributed by atoms with Crippen LogP contribution in [0.5, 0.6) is 0 Å². The van der Waals surface area contributed by atoms with Crippen LogP contribution in [0.3, 0.4) is 0 Å². The quantitative estimate of drug-likeness (QED) is 0.842. The number of hydrogen-bond acceptors (Lipinski definition) is 5. The van der Waals surface area contributed by atoms with Gasteiger partial charge >= 0.3 is 0 Å². The van der Waals surface area contributed by atoms with Gasteiger partial charge in [0.25, 0.3) is 0 Å². The SMILES string of the molecule is Nc1cc(-c2cscn2)ccc1N1CCOCC1. The minimum atomic E-state index is 0.771. The number of thiazole rings is 1. The molecule has 2 aromatic rings. The van der Waals surface area contributed by atoms with Crippen LogP contribution in [0.15, 0.2) is 29.1 Å². The molecule has 1 saturated heterocycles. The van der Waals surface area contributed by atoms with E-state index >= 15 is 0 Å². The van der Waals surface area contributed by atoms with Crippen molar-refractivity contribution in [1.29, 1.82) is 0 Å². The van der Waals surface area contributed by atoms with Gasteiger partial charge in [-0.05, 0) is 12.1 Å². The van der Waals surface area contributed by atoms with Gasteiger partial charge < -0.3 is 15.4 Å². The van der Waals surface area contributed by atoms with Gasteiger partial charge in [-0.1, -0.05) is 6.07 Å². The van der Waals surface area contributed by atoms with Crippen molar-refractivity contribution in [3.8, 4) is 11.3 Å². The predicted octanol–water partition coefficient (Wildman–Crippen LogP) is 2.23. The summed E-state index contributed by atoms with van der Waals surface area (Å²) in [6, 6.07) is 6.16. The Balaban J connectivity index is 1.89. The molecule has 1 fully saturated rings. The molecule has 2 heterocycles. The molecule has 1 aromatic heterocycles. The Morgan fingerprint density at radius 3 is 2.78 bits per heavy atom. The maximum absolute atomic E-state index is 6.15. The molecular formula is C13H15N3OS. The molecule has 3 rings (SSSR count). The first-order chi connectivity index (χ1) is 8.84. The van der Waals surface area contributed by atoms with Gasteiger partial charge in [-0.15, -0.1) is 11.3 Å². The van der Waals surface area contributed by atoms with Gasteiger partial charge in [0.2, 0.25) is 0 Å². The summed E-state index contributed by atoms with van der Waals surface area (Å²) < 4.78 is 5.35. The summed E-state index contributed by atoms with van der Waals surface area (Å²) in [6.45, 7) is 3.35. The molecular weight excluding hydrogens is 246 g/mol. The fourth-order valence-electron chi connectivity index (χ4n) is 2.16. The van der Waals surface area contributed by atoms with Gasteiger partial charge in [0.1, 0.15) is 0 Å². The van der Waals surface area contributed by atoms with E-state index in [4.69, 9.17) is 10.5 Å². The molecule has 0 bridgehead atoms. The lowest BCUT2D eigenvalue weighted by molar-refractivity contribution is 0.123. The lowest BCUT2D eigenvalue weighted by Gasteiger charge is -2.30. The summed E-state index contributed by atoms with van der Waals surface area (Å²) in [7, 11) is 0. The molecule has 0 radical (unpaired) electrons. The molecule has 5 heteroatoms. The second kappa shape index (κ2) is 4.96. The van der Waals surface area contributed by atoms with Crippen LogP contribution in [0, 0.1) is 0 Å². The van der Waals surface area contributed by atoms with Crippen LogP contribution in [0.25, 0.3) is 11.3 Å². The Morgan fingerprint density at radius 1 is 1.28 bits per heavy atom. The molecule has 2 N–H and O–H groups in total. The number of anilines is 2. The Labute approximate surface area is 110 Å². The van der Waals surface area contributed by atoms with E-state index in [1.165, 1.54) is 0 Å². The number of nitrogens with two attached hydrogens (primary N) is 1. The summed E-state index contributed by atoms with van der Waals surface area (Å²) in [6.07, 6.45) is 0. The smallest absolute Gasteiger partial charge is 0.0811 e. The van der Waals surface area contributed by atoms with Gasteiger partial charge in [-0.2, -0.15) is 0 Å². The first-order valence-corrected chi connectivity index (χ1v) is 6.89. The molecule has 1 aliphatic rings. The monoisotopic (exact) mass is 261 g/mol. The van der Waals surface area contributed by atoms with Crippen molar-refractivity contribution >= 4 is 22.7 Å². The van der Waals surface area contributed by atoms with Gasteiger partial charge in [0, 0.05) is 24.0 Å². The zero-order chi connectivity index (χ0) is 12.4. The van der Waals surface area contributed by atoms with E-state index < -0.39 is 0 Å². The highest BCUT2D eigenvalue weighted by molar-refractivity contribution is 7.07. The van der Waals surface area contributed by atoms with Gasteiger partial charge in [0.05, 0.1) is 35.8 Å². The van der Waals surface area contributed by atoms with Gasteiger partial charge in [0.15, 0.2) is 0 Å². The molecule has 0 spiro atoms. The number of rotatable bonds is 2. The van der Waals surface area contributed by atoms with E-state index in [1.807, 2.05) is 17.0 Å². The minimum absolute atomic E-state index is 0.771. The molecule has 0 atom stereocenters. The Hall–Kier alpha value is -1.59. The second-order valence-corrected chi connectivity index (χ2v) is 4.97. The maximum Gasteiger partial charge on any atom is 0.0811 e. The number of aromatic nitrogens is 1. The van der Waals surface area contributed by atoms with Crippen LogP contribution >= 0.6 is 11.3 Å². The third-order valence-electron chi connectivity index (χ3n) is 3.11. The van der Waals surface area contributed by atoms with E-state index in [-0.39, 0.29) is 0 Å². The molecule has 1 aliphatic heterocycles. The van der Waals surface area contributed by atoms with Crippen LogP contribution in [0.4, 0.5) is 11.4 Å². The van der Waals surface area contributed by atoms with E-state index in [1.54, 1.807) is 11.3 Å². The van der Waals surface area contributed by atoms with Crippen LogP contribution in [-0.4, -0.2) is 31.3 Å². The molecule has 0 amide bonds. The summed E-state index contributed by atoms with van der Waals surface area (Å²) in [5, 5.41) is 2.03. The van der Waals surface area contributed by atoms with Crippen molar-refractivity contribution in [2.24, 2.45) is 0 Å². The van der Waals surface area contributed by atoms with Gasteiger partial charge in [-0.25, -0.2) is 4.98 Å².